The number of sulfonamides is 1. The van der Waals surface area contributed by atoms with Crippen molar-refractivity contribution >= 4 is 33.6 Å². The lowest BCUT2D eigenvalue weighted by Gasteiger charge is -2.31. The number of carbonyl (C=O) groups is 1. The maximum absolute atomic E-state index is 12.6. The normalized spacial score (nSPS) is 20.1. The lowest BCUT2D eigenvalue weighted by molar-refractivity contribution is -0.384. The van der Waals surface area contributed by atoms with Crippen molar-refractivity contribution < 1.29 is 18.1 Å². The first kappa shape index (κ1) is 15.9. The van der Waals surface area contributed by atoms with Crippen LogP contribution in [0.4, 0.5) is 5.69 Å². The zero-order valence-corrected chi connectivity index (χ0v) is 12.5. The van der Waals surface area contributed by atoms with Gasteiger partial charge in [-0.1, -0.05) is 18.0 Å². The van der Waals surface area contributed by atoms with Gasteiger partial charge in [0.05, 0.1) is 16.0 Å². The summed E-state index contributed by atoms with van der Waals surface area (Å²) in [6.45, 7) is 0.235. The van der Waals surface area contributed by atoms with Crippen LogP contribution in [0.5, 0.6) is 0 Å². The Kier molecular flexibility index (Phi) is 4.60. The first-order valence-corrected chi connectivity index (χ1v) is 8.11. The second-order valence-electron chi connectivity index (χ2n) is 4.69. The van der Waals surface area contributed by atoms with E-state index in [-0.39, 0.29) is 22.2 Å². The third-order valence-corrected chi connectivity index (χ3v) is 5.78. The predicted molar refractivity (Wildman–Crippen MR) is 75.7 cm³/mol. The van der Waals surface area contributed by atoms with Crippen LogP contribution in [0.3, 0.4) is 0 Å². The van der Waals surface area contributed by atoms with E-state index in [1.165, 1.54) is 0 Å². The fraction of sp³-hybridized carbons (Fsp3) is 0.417. The number of non-ortho nitro benzene ring substituents is 1. The fourth-order valence-electron chi connectivity index (χ4n) is 2.30. The van der Waals surface area contributed by atoms with Crippen LogP contribution in [0.15, 0.2) is 23.1 Å². The van der Waals surface area contributed by atoms with E-state index in [9.17, 15) is 23.3 Å². The van der Waals surface area contributed by atoms with E-state index in [1.54, 1.807) is 0 Å². The molecule has 0 radical (unpaired) electrons. The minimum atomic E-state index is -3.95. The van der Waals surface area contributed by atoms with Crippen LogP contribution in [0.2, 0.25) is 5.02 Å². The van der Waals surface area contributed by atoms with E-state index < -0.39 is 21.0 Å². The SMILES string of the molecule is O=CC1CCCCN1S(=O)(=O)c1ccc([N+](=O)[O-])cc1Cl. The molecule has 0 aromatic heterocycles. The molecule has 1 atom stereocenters. The summed E-state index contributed by atoms with van der Waals surface area (Å²) in [5, 5.41) is 10.4. The molecule has 1 aromatic carbocycles. The second-order valence-corrected chi connectivity index (χ2v) is 6.95. The third kappa shape index (κ3) is 3.07. The molecule has 1 aliphatic rings. The number of nitro benzene ring substituents is 1. The van der Waals surface area contributed by atoms with Crippen molar-refractivity contribution in [3.63, 3.8) is 0 Å². The highest BCUT2D eigenvalue weighted by molar-refractivity contribution is 7.89. The molecule has 0 amide bonds. The molecule has 1 aromatic rings. The van der Waals surface area contributed by atoms with Crippen LogP contribution < -0.4 is 0 Å². The fourth-order valence-corrected chi connectivity index (χ4v) is 4.45. The molecule has 0 saturated carbocycles. The van der Waals surface area contributed by atoms with Gasteiger partial charge < -0.3 is 4.79 Å². The minimum Gasteiger partial charge on any atom is -0.302 e. The van der Waals surface area contributed by atoms with E-state index in [4.69, 9.17) is 11.6 Å². The Morgan fingerprint density at radius 3 is 2.67 bits per heavy atom. The van der Waals surface area contributed by atoms with Crippen molar-refractivity contribution in [2.45, 2.75) is 30.2 Å². The number of aldehydes is 1. The molecule has 1 fully saturated rings. The van der Waals surface area contributed by atoms with Crippen molar-refractivity contribution in [3.05, 3.63) is 33.3 Å². The molecule has 2 rings (SSSR count). The third-order valence-electron chi connectivity index (χ3n) is 3.37. The van der Waals surface area contributed by atoms with Gasteiger partial charge in [-0.15, -0.1) is 0 Å². The smallest absolute Gasteiger partial charge is 0.271 e. The van der Waals surface area contributed by atoms with Crippen LogP contribution in [-0.4, -0.2) is 36.5 Å². The molecule has 21 heavy (non-hydrogen) atoms. The van der Waals surface area contributed by atoms with Crippen molar-refractivity contribution in [3.8, 4) is 0 Å². The summed E-state index contributed by atoms with van der Waals surface area (Å²) >= 11 is 5.87. The van der Waals surface area contributed by atoms with Gasteiger partial charge in [-0.25, -0.2) is 8.42 Å². The highest BCUT2D eigenvalue weighted by Gasteiger charge is 2.34. The Balaban J connectivity index is 2.43. The lowest BCUT2D eigenvalue weighted by Crippen LogP contribution is -2.44. The Morgan fingerprint density at radius 2 is 2.10 bits per heavy atom. The first-order valence-electron chi connectivity index (χ1n) is 6.29. The largest absolute Gasteiger partial charge is 0.302 e. The maximum atomic E-state index is 12.6. The van der Waals surface area contributed by atoms with Gasteiger partial charge in [-0.2, -0.15) is 4.31 Å². The molecular weight excluding hydrogens is 320 g/mol. The molecule has 0 N–H and O–H groups in total. The van der Waals surface area contributed by atoms with E-state index in [1.807, 2.05) is 0 Å². The summed E-state index contributed by atoms with van der Waals surface area (Å²) in [6, 6.07) is 2.47. The van der Waals surface area contributed by atoms with Crippen LogP contribution in [-0.2, 0) is 14.8 Å². The van der Waals surface area contributed by atoms with Crippen molar-refractivity contribution in [2.24, 2.45) is 0 Å². The summed E-state index contributed by atoms with van der Waals surface area (Å²) in [5.41, 5.74) is -0.287. The van der Waals surface area contributed by atoms with Crippen LogP contribution in [0.1, 0.15) is 19.3 Å². The van der Waals surface area contributed by atoms with Crippen molar-refractivity contribution in [1.29, 1.82) is 0 Å². The van der Waals surface area contributed by atoms with Crippen LogP contribution in [0, 0.1) is 10.1 Å². The standard InChI is InChI=1S/C12H13ClN2O5S/c13-11-7-9(15(17)18)4-5-12(11)21(19,20)14-6-2-1-3-10(14)8-16/h4-5,7-8,10H,1-3,6H2. The van der Waals surface area contributed by atoms with Crippen LogP contribution >= 0.6 is 11.6 Å². The number of hydrogen-bond donors (Lipinski definition) is 0. The minimum absolute atomic E-state index is 0.219. The zero-order chi connectivity index (χ0) is 15.6. The van der Waals surface area contributed by atoms with E-state index >= 15 is 0 Å². The Bertz CT molecular complexity index is 676. The number of rotatable bonds is 4. The summed E-state index contributed by atoms with van der Waals surface area (Å²) in [7, 11) is -3.95. The molecule has 7 nitrogen and oxygen atoms in total. The van der Waals surface area contributed by atoms with E-state index in [0.29, 0.717) is 19.1 Å². The number of nitrogens with zero attached hydrogens (tertiary/aromatic N) is 2. The van der Waals surface area contributed by atoms with Crippen LogP contribution in [0.25, 0.3) is 0 Å². The number of halogens is 1. The molecule has 1 heterocycles. The van der Waals surface area contributed by atoms with Gasteiger partial charge in [0.25, 0.3) is 5.69 Å². The molecule has 1 aliphatic heterocycles. The van der Waals surface area contributed by atoms with E-state index in [0.717, 1.165) is 28.9 Å². The molecule has 0 aliphatic carbocycles. The number of nitro groups is 1. The molecule has 1 unspecified atom stereocenters. The van der Waals surface area contributed by atoms with Gasteiger partial charge in [0.15, 0.2) is 0 Å². The predicted octanol–water partition coefficient (Wildman–Crippen LogP) is 1.99. The molecule has 0 spiro atoms. The topological polar surface area (TPSA) is 97.6 Å². The van der Waals surface area contributed by atoms with Crippen molar-refractivity contribution in [1.82, 2.24) is 4.31 Å². The number of benzene rings is 1. The Labute approximate surface area is 126 Å². The summed E-state index contributed by atoms with van der Waals surface area (Å²) in [4.78, 5) is 20.8. The molecule has 114 valence electrons. The molecule has 1 saturated heterocycles. The number of carbonyl (C=O) groups excluding carboxylic acids is 1. The van der Waals surface area contributed by atoms with Gasteiger partial charge in [0, 0.05) is 18.7 Å². The summed E-state index contributed by atoms with van der Waals surface area (Å²) in [5.74, 6) is 0. The Hall–Kier alpha value is -1.51. The van der Waals surface area contributed by atoms with Gasteiger partial charge in [-0.05, 0) is 18.9 Å². The molecule has 9 heteroatoms. The van der Waals surface area contributed by atoms with Gasteiger partial charge >= 0.3 is 0 Å². The zero-order valence-electron chi connectivity index (χ0n) is 10.9. The van der Waals surface area contributed by atoms with Gasteiger partial charge in [0.1, 0.15) is 11.2 Å². The highest BCUT2D eigenvalue weighted by atomic mass is 35.5. The monoisotopic (exact) mass is 332 g/mol. The number of piperidine rings is 1. The second kappa shape index (κ2) is 6.08. The van der Waals surface area contributed by atoms with Gasteiger partial charge in [-0.3, -0.25) is 10.1 Å². The highest BCUT2D eigenvalue weighted by Crippen LogP contribution is 2.31. The number of hydrogen-bond acceptors (Lipinski definition) is 5. The van der Waals surface area contributed by atoms with E-state index in [2.05, 4.69) is 0 Å². The first-order chi connectivity index (χ1) is 9.87. The molecule has 0 bridgehead atoms. The summed E-state index contributed by atoms with van der Waals surface area (Å²) in [6.07, 6.45) is 2.51. The van der Waals surface area contributed by atoms with Gasteiger partial charge in [0.2, 0.25) is 10.0 Å². The average Bonchev–Trinajstić information content (AvgIpc) is 2.46. The Morgan fingerprint density at radius 1 is 1.38 bits per heavy atom. The average molecular weight is 333 g/mol. The lowest BCUT2D eigenvalue weighted by atomic mass is 10.1. The molecular formula is C12H13ClN2O5S. The summed E-state index contributed by atoms with van der Waals surface area (Å²) < 4.78 is 26.3. The quantitative estimate of drug-likeness (QED) is 0.477. The maximum Gasteiger partial charge on any atom is 0.271 e. The van der Waals surface area contributed by atoms with Crippen molar-refractivity contribution in [2.75, 3.05) is 6.54 Å².